The van der Waals surface area contributed by atoms with Crippen LogP contribution in [0.5, 0.6) is 0 Å². The first kappa shape index (κ1) is 15.3. The van der Waals surface area contributed by atoms with Crippen LogP contribution in [-0.2, 0) is 16.0 Å². The fraction of sp³-hybridized carbons (Fsp3) is 0.550. The van der Waals surface area contributed by atoms with Crippen LogP contribution in [0.25, 0.3) is 6.08 Å². The van der Waals surface area contributed by atoms with Crippen molar-refractivity contribution in [2.75, 3.05) is 0 Å². The van der Waals surface area contributed by atoms with E-state index < -0.39 is 0 Å². The SMILES string of the molecule is C=Cc1ccc(CC(=O)OC23CCCCC2CCCC3)cc1. The van der Waals surface area contributed by atoms with Crippen molar-refractivity contribution < 1.29 is 9.53 Å². The third kappa shape index (κ3) is 3.26. The molecular formula is C20H26O2. The molecule has 0 saturated heterocycles. The minimum atomic E-state index is -0.144. The minimum absolute atomic E-state index is 0.0554. The second-order valence-corrected chi connectivity index (χ2v) is 6.85. The zero-order valence-electron chi connectivity index (χ0n) is 13.4. The molecule has 2 aliphatic carbocycles. The third-order valence-corrected chi connectivity index (χ3v) is 5.43. The van der Waals surface area contributed by atoms with Crippen molar-refractivity contribution in [1.29, 1.82) is 0 Å². The topological polar surface area (TPSA) is 26.3 Å². The summed E-state index contributed by atoms with van der Waals surface area (Å²) in [5.41, 5.74) is 1.96. The number of carbonyl (C=O) groups is 1. The summed E-state index contributed by atoms with van der Waals surface area (Å²) in [7, 11) is 0. The van der Waals surface area contributed by atoms with Gasteiger partial charge < -0.3 is 4.74 Å². The van der Waals surface area contributed by atoms with E-state index in [4.69, 9.17) is 4.74 Å². The summed E-state index contributed by atoms with van der Waals surface area (Å²) < 4.78 is 6.08. The Balaban J connectivity index is 1.65. The highest BCUT2D eigenvalue weighted by Gasteiger charge is 2.45. The standard InChI is InChI=1S/C20H26O2/c1-2-16-9-11-17(12-10-16)15-19(21)22-20-13-5-3-7-18(20)8-4-6-14-20/h2,9-12,18H,1,3-8,13-15H2. The molecule has 1 aromatic carbocycles. The molecule has 22 heavy (non-hydrogen) atoms. The monoisotopic (exact) mass is 298 g/mol. The quantitative estimate of drug-likeness (QED) is 0.738. The number of esters is 1. The summed E-state index contributed by atoms with van der Waals surface area (Å²) >= 11 is 0. The molecule has 2 aliphatic rings. The van der Waals surface area contributed by atoms with Crippen molar-refractivity contribution in [3.05, 3.63) is 42.0 Å². The van der Waals surface area contributed by atoms with Gasteiger partial charge in [-0.3, -0.25) is 4.79 Å². The summed E-state index contributed by atoms with van der Waals surface area (Å²) in [5, 5.41) is 0. The predicted molar refractivity (Wildman–Crippen MR) is 89.5 cm³/mol. The van der Waals surface area contributed by atoms with Crippen LogP contribution in [0.15, 0.2) is 30.8 Å². The molecule has 2 heteroatoms. The number of hydrogen-bond donors (Lipinski definition) is 0. The Morgan fingerprint density at radius 3 is 2.36 bits per heavy atom. The van der Waals surface area contributed by atoms with E-state index in [2.05, 4.69) is 6.58 Å². The lowest BCUT2D eigenvalue weighted by Crippen LogP contribution is -2.47. The molecular weight excluding hydrogens is 272 g/mol. The molecule has 0 unspecified atom stereocenters. The van der Waals surface area contributed by atoms with E-state index in [0.717, 1.165) is 24.0 Å². The Morgan fingerprint density at radius 2 is 1.77 bits per heavy atom. The van der Waals surface area contributed by atoms with Gasteiger partial charge in [0, 0.05) is 0 Å². The van der Waals surface area contributed by atoms with Gasteiger partial charge >= 0.3 is 5.97 Å². The van der Waals surface area contributed by atoms with Gasteiger partial charge in [0.25, 0.3) is 0 Å². The number of ether oxygens (including phenoxy) is 1. The van der Waals surface area contributed by atoms with Gasteiger partial charge in [0.2, 0.25) is 0 Å². The summed E-state index contributed by atoms with van der Waals surface area (Å²) in [6.45, 7) is 3.75. The van der Waals surface area contributed by atoms with E-state index in [1.807, 2.05) is 30.3 Å². The number of rotatable bonds is 4. The molecule has 0 aliphatic heterocycles. The van der Waals surface area contributed by atoms with Crippen LogP contribution in [0, 0.1) is 5.92 Å². The van der Waals surface area contributed by atoms with E-state index in [9.17, 15) is 4.79 Å². The zero-order chi connectivity index (χ0) is 15.4. The molecule has 0 bridgehead atoms. The molecule has 3 rings (SSSR count). The number of benzene rings is 1. The highest BCUT2D eigenvalue weighted by molar-refractivity contribution is 5.73. The maximum Gasteiger partial charge on any atom is 0.310 e. The Morgan fingerprint density at radius 1 is 1.14 bits per heavy atom. The maximum absolute atomic E-state index is 12.4. The summed E-state index contributed by atoms with van der Waals surface area (Å²) in [5.74, 6) is 0.544. The van der Waals surface area contributed by atoms with Crippen LogP contribution < -0.4 is 0 Å². The van der Waals surface area contributed by atoms with Gasteiger partial charge in [0.15, 0.2) is 0 Å². The first-order chi connectivity index (χ1) is 10.7. The fourth-order valence-corrected chi connectivity index (χ4v) is 4.22. The van der Waals surface area contributed by atoms with Crippen molar-refractivity contribution in [1.82, 2.24) is 0 Å². The lowest BCUT2D eigenvalue weighted by atomic mass is 9.67. The number of hydrogen-bond acceptors (Lipinski definition) is 2. The second kappa shape index (κ2) is 6.68. The molecule has 2 saturated carbocycles. The molecule has 0 spiro atoms. The van der Waals surface area contributed by atoms with Crippen molar-refractivity contribution in [3.63, 3.8) is 0 Å². The van der Waals surface area contributed by atoms with Gasteiger partial charge in [-0.25, -0.2) is 0 Å². The van der Waals surface area contributed by atoms with Crippen LogP contribution in [0.2, 0.25) is 0 Å². The van der Waals surface area contributed by atoms with E-state index in [1.54, 1.807) is 0 Å². The zero-order valence-corrected chi connectivity index (χ0v) is 13.4. The van der Waals surface area contributed by atoms with Crippen LogP contribution >= 0.6 is 0 Å². The van der Waals surface area contributed by atoms with Gasteiger partial charge in [-0.1, -0.05) is 49.8 Å². The smallest absolute Gasteiger partial charge is 0.310 e. The van der Waals surface area contributed by atoms with Gasteiger partial charge in [-0.15, -0.1) is 0 Å². The molecule has 0 amide bonds. The summed E-state index contributed by atoms with van der Waals surface area (Å²) in [6.07, 6.45) is 11.8. The van der Waals surface area contributed by atoms with Crippen LogP contribution in [-0.4, -0.2) is 11.6 Å². The Kier molecular flexibility index (Phi) is 4.66. The lowest BCUT2D eigenvalue weighted by molar-refractivity contribution is -0.175. The van der Waals surface area contributed by atoms with Crippen LogP contribution in [0.3, 0.4) is 0 Å². The molecule has 0 atom stereocenters. The number of fused-ring (bicyclic) bond motifs is 1. The van der Waals surface area contributed by atoms with Crippen molar-refractivity contribution >= 4 is 12.0 Å². The van der Waals surface area contributed by atoms with Crippen molar-refractivity contribution in [3.8, 4) is 0 Å². The molecule has 0 aromatic heterocycles. The van der Waals surface area contributed by atoms with Gasteiger partial charge in [0.05, 0.1) is 6.42 Å². The van der Waals surface area contributed by atoms with Crippen molar-refractivity contribution in [2.24, 2.45) is 5.92 Å². The third-order valence-electron chi connectivity index (χ3n) is 5.43. The fourth-order valence-electron chi connectivity index (χ4n) is 4.22. The Labute approximate surface area is 133 Å². The molecule has 2 nitrogen and oxygen atoms in total. The van der Waals surface area contributed by atoms with Crippen LogP contribution in [0.4, 0.5) is 0 Å². The maximum atomic E-state index is 12.4. The van der Waals surface area contributed by atoms with Crippen molar-refractivity contribution in [2.45, 2.75) is 63.4 Å². The van der Waals surface area contributed by atoms with E-state index in [0.29, 0.717) is 12.3 Å². The largest absolute Gasteiger partial charge is 0.459 e. The molecule has 0 radical (unpaired) electrons. The van der Waals surface area contributed by atoms with E-state index in [-0.39, 0.29) is 11.6 Å². The predicted octanol–water partition coefficient (Wildman–Crippen LogP) is 4.92. The average molecular weight is 298 g/mol. The Bertz CT molecular complexity index is 517. The summed E-state index contributed by atoms with van der Waals surface area (Å²) in [6, 6.07) is 7.99. The highest BCUT2D eigenvalue weighted by atomic mass is 16.6. The van der Waals surface area contributed by atoms with E-state index in [1.165, 1.54) is 38.5 Å². The molecule has 0 N–H and O–H groups in total. The number of carbonyl (C=O) groups excluding carboxylic acids is 1. The molecule has 118 valence electrons. The lowest BCUT2D eigenvalue weighted by Gasteiger charge is -2.46. The highest BCUT2D eigenvalue weighted by Crippen LogP contribution is 2.46. The summed E-state index contributed by atoms with van der Waals surface area (Å²) in [4.78, 5) is 12.4. The van der Waals surface area contributed by atoms with Gasteiger partial charge in [0.1, 0.15) is 5.60 Å². The van der Waals surface area contributed by atoms with Gasteiger partial charge in [-0.05, 0) is 55.6 Å². The molecule has 0 heterocycles. The average Bonchev–Trinajstić information content (AvgIpc) is 2.55. The normalized spacial score (nSPS) is 27.7. The second-order valence-electron chi connectivity index (χ2n) is 6.85. The first-order valence-corrected chi connectivity index (χ1v) is 8.65. The minimum Gasteiger partial charge on any atom is -0.459 e. The molecule has 1 aromatic rings. The van der Waals surface area contributed by atoms with E-state index >= 15 is 0 Å². The first-order valence-electron chi connectivity index (χ1n) is 8.65. The van der Waals surface area contributed by atoms with Crippen LogP contribution in [0.1, 0.15) is 62.5 Å². The Hall–Kier alpha value is -1.57. The van der Waals surface area contributed by atoms with Gasteiger partial charge in [-0.2, -0.15) is 0 Å². The molecule has 2 fully saturated rings.